The quantitative estimate of drug-likeness (QED) is 0.691. The van der Waals surface area contributed by atoms with Crippen molar-refractivity contribution in [1.82, 2.24) is 0 Å². The van der Waals surface area contributed by atoms with Gasteiger partial charge in [0.25, 0.3) is 0 Å². The van der Waals surface area contributed by atoms with Gasteiger partial charge in [-0.1, -0.05) is 13.8 Å². The summed E-state index contributed by atoms with van der Waals surface area (Å²) in [6.45, 7) is 4.16. The van der Waals surface area contributed by atoms with Crippen LogP contribution in [0.4, 0.5) is 13.2 Å². The third-order valence-electron chi connectivity index (χ3n) is 9.67. The molecule has 4 fully saturated rings. The number of carbonyl (C=O) groups excluding carboxylic acids is 1. The number of halogens is 3. The number of Topliss-reactive ketones (excluding diaryl/α,β-unsaturated/α-hetero) is 1. The van der Waals surface area contributed by atoms with Crippen molar-refractivity contribution in [3.63, 3.8) is 0 Å². The highest BCUT2D eigenvalue weighted by atomic mass is 19.4. The van der Waals surface area contributed by atoms with Crippen LogP contribution in [0.15, 0.2) is 0 Å². The van der Waals surface area contributed by atoms with Gasteiger partial charge in [-0.15, -0.1) is 0 Å². The van der Waals surface area contributed by atoms with Gasteiger partial charge < -0.3 is 5.11 Å². The molecule has 0 aromatic rings. The molecule has 0 unspecified atom stereocenters. The average molecular weight is 386 g/mol. The molecule has 0 aromatic heterocycles. The Morgan fingerprint density at radius 2 is 1.63 bits per heavy atom. The minimum absolute atomic E-state index is 0.0102. The summed E-state index contributed by atoms with van der Waals surface area (Å²) in [4.78, 5) is 12.3. The number of aliphatic hydroxyl groups excluding tert-OH is 1. The van der Waals surface area contributed by atoms with E-state index in [1.54, 1.807) is 0 Å². The van der Waals surface area contributed by atoms with Gasteiger partial charge in [-0.05, 0) is 92.3 Å². The zero-order valence-electron chi connectivity index (χ0n) is 16.5. The summed E-state index contributed by atoms with van der Waals surface area (Å²) in [5.41, 5.74) is 0.0123. The average Bonchev–Trinajstić information content (AvgIpc) is 2.96. The first-order chi connectivity index (χ1) is 12.6. The predicted octanol–water partition coefficient (Wildman–Crippen LogP) is 5.39. The molecule has 0 saturated heterocycles. The van der Waals surface area contributed by atoms with Gasteiger partial charge in [-0.2, -0.15) is 13.2 Å². The summed E-state index contributed by atoms with van der Waals surface area (Å²) in [5, 5.41) is 9.38. The predicted molar refractivity (Wildman–Crippen MR) is 96.9 cm³/mol. The summed E-state index contributed by atoms with van der Waals surface area (Å²) in [5.74, 6) is 0.591. The van der Waals surface area contributed by atoms with E-state index in [0.717, 1.165) is 38.5 Å². The topological polar surface area (TPSA) is 37.3 Å². The minimum atomic E-state index is -4.05. The molecule has 0 radical (unpaired) electrons. The van der Waals surface area contributed by atoms with Crippen LogP contribution in [0, 0.1) is 46.3 Å². The molecular formula is C22H33F3O2. The summed E-state index contributed by atoms with van der Waals surface area (Å²) in [6, 6.07) is 0. The fourth-order valence-corrected chi connectivity index (χ4v) is 8.19. The Morgan fingerprint density at radius 1 is 0.963 bits per heavy atom. The third kappa shape index (κ3) is 2.89. The summed E-state index contributed by atoms with van der Waals surface area (Å²) < 4.78 is 39.9. The maximum Gasteiger partial charge on any atom is 0.391 e. The van der Waals surface area contributed by atoms with Crippen LogP contribution >= 0.6 is 0 Å². The van der Waals surface area contributed by atoms with Crippen LogP contribution < -0.4 is 0 Å². The first kappa shape index (κ1) is 19.7. The van der Waals surface area contributed by atoms with E-state index in [-0.39, 0.29) is 41.5 Å². The van der Waals surface area contributed by atoms with Crippen LogP contribution in [-0.2, 0) is 4.79 Å². The molecule has 4 saturated carbocycles. The van der Waals surface area contributed by atoms with Gasteiger partial charge in [0.15, 0.2) is 5.78 Å². The van der Waals surface area contributed by atoms with Crippen molar-refractivity contribution in [2.75, 3.05) is 6.61 Å². The molecule has 0 heterocycles. The Labute approximate surface area is 160 Å². The van der Waals surface area contributed by atoms with Crippen molar-refractivity contribution in [1.29, 1.82) is 0 Å². The second-order valence-electron chi connectivity index (χ2n) is 10.5. The summed E-state index contributed by atoms with van der Waals surface area (Å²) in [7, 11) is 0. The van der Waals surface area contributed by atoms with E-state index in [4.69, 9.17) is 0 Å². The molecule has 4 aliphatic carbocycles. The van der Waals surface area contributed by atoms with Crippen molar-refractivity contribution in [2.45, 2.75) is 77.8 Å². The second kappa shape index (κ2) is 6.47. The van der Waals surface area contributed by atoms with E-state index in [2.05, 4.69) is 13.8 Å². The number of carbonyl (C=O) groups is 1. The van der Waals surface area contributed by atoms with Crippen LogP contribution in [0.1, 0.15) is 71.6 Å². The first-order valence-corrected chi connectivity index (χ1v) is 10.8. The van der Waals surface area contributed by atoms with E-state index in [1.165, 1.54) is 0 Å². The van der Waals surface area contributed by atoms with Gasteiger partial charge in [-0.3, -0.25) is 4.79 Å². The summed E-state index contributed by atoms with van der Waals surface area (Å²) in [6.07, 6.45) is 3.13. The van der Waals surface area contributed by atoms with Gasteiger partial charge in [0, 0.05) is 5.92 Å². The SMILES string of the molecule is C[C@]12CC[C@H](C(F)(F)F)C[C@@H]1CC[C@@H]1[C@@H]2CC[C@]2(C)[C@@H](C(=O)CO)CC[C@@H]12. The molecule has 4 rings (SSSR count). The lowest BCUT2D eigenvalue weighted by Crippen LogP contribution is -2.54. The van der Waals surface area contributed by atoms with E-state index >= 15 is 0 Å². The molecule has 0 amide bonds. The molecule has 0 aromatic carbocycles. The standard InChI is InChI=1S/C22H33F3O2/c1-20-9-7-14(22(23,24)25)11-13(20)3-4-15-16-5-6-18(19(27)12-26)21(16,2)10-8-17(15)20/h13-18,26H,3-12H2,1-2H3/t13-,14-,15-,16-,17-,18+,20-,21-/m0/s1. The Hall–Kier alpha value is -0.580. The van der Waals surface area contributed by atoms with Crippen molar-refractivity contribution in [3.8, 4) is 0 Å². The number of hydrogen-bond donors (Lipinski definition) is 1. The maximum absolute atomic E-state index is 13.3. The van der Waals surface area contributed by atoms with Crippen LogP contribution in [-0.4, -0.2) is 23.7 Å². The van der Waals surface area contributed by atoms with Gasteiger partial charge in [0.1, 0.15) is 6.61 Å². The fourth-order valence-electron chi connectivity index (χ4n) is 8.19. The number of alkyl halides is 3. The fraction of sp³-hybridized carbons (Fsp3) is 0.955. The first-order valence-electron chi connectivity index (χ1n) is 10.8. The summed E-state index contributed by atoms with van der Waals surface area (Å²) >= 11 is 0. The maximum atomic E-state index is 13.3. The van der Waals surface area contributed by atoms with E-state index in [9.17, 15) is 23.1 Å². The van der Waals surface area contributed by atoms with Gasteiger partial charge in [-0.25, -0.2) is 0 Å². The van der Waals surface area contributed by atoms with E-state index in [1.807, 2.05) is 0 Å². The highest BCUT2D eigenvalue weighted by Crippen LogP contribution is 2.68. The number of fused-ring (bicyclic) bond motifs is 5. The van der Waals surface area contributed by atoms with Crippen LogP contribution in [0.2, 0.25) is 0 Å². The molecule has 8 atom stereocenters. The number of rotatable bonds is 2. The molecule has 2 nitrogen and oxygen atoms in total. The lowest BCUT2D eigenvalue weighted by molar-refractivity contribution is -0.208. The van der Waals surface area contributed by atoms with Crippen molar-refractivity contribution in [3.05, 3.63) is 0 Å². The van der Waals surface area contributed by atoms with E-state index < -0.39 is 12.1 Å². The molecule has 154 valence electrons. The molecular weight excluding hydrogens is 353 g/mol. The lowest BCUT2D eigenvalue weighted by atomic mass is 9.44. The van der Waals surface area contributed by atoms with Gasteiger partial charge in [0.05, 0.1) is 5.92 Å². The van der Waals surface area contributed by atoms with Crippen LogP contribution in [0.5, 0.6) is 0 Å². The second-order valence-corrected chi connectivity index (χ2v) is 10.5. The Kier molecular flexibility index (Phi) is 4.72. The highest BCUT2D eigenvalue weighted by molar-refractivity contribution is 5.83. The Balaban J connectivity index is 1.55. The monoisotopic (exact) mass is 386 g/mol. The number of hydrogen-bond acceptors (Lipinski definition) is 2. The smallest absolute Gasteiger partial charge is 0.389 e. The normalized spacial score (nSPS) is 49.9. The molecule has 4 aliphatic rings. The highest BCUT2D eigenvalue weighted by Gasteiger charge is 2.62. The van der Waals surface area contributed by atoms with Crippen molar-refractivity contribution < 1.29 is 23.1 Å². The van der Waals surface area contributed by atoms with E-state index in [0.29, 0.717) is 30.6 Å². The number of ketones is 1. The number of aliphatic hydroxyl groups is 1. The zero-order valence-corrected chi connectivity index (χ0v) is 16.5. The minimum Gasteiger partial charge on any atom is -0.389 e. The molecule has 0 spiro atoms. The molecule has 5 heteroatoms. The van der Waals surface area contributed by atoms with Gasteiger partial charge >= 0.3 is 6.18 Å². The largest absolute Gasteiger partial charge is 0.391 e. The Bertz CT molecular complexity index is 603. The third-order valence-corrected chi connectivity index (χ3v) is 9.67. The molecule has 0 aliphatic heterocycles. The van der Waals surface area contributed by atoms with Crippen LogP contribution in [0.25, 0.3) is 0 Å². The van der Waals surface area contributed by atoms with Crippen LogP contribution in [0.3, 0.4) is 0 Å². The van der Waals surface area contributed by atoms with Gasteiger partial charge in [0.2, 0.25) is 0 Å². The molecule has 0 bridgehead atoms. The molecule has 1 N–H and O–H groups in total. The van der Waals surface area contributed by atoms with Crippen molar-refractivity contribution >= 4 is 5.78 Å². The van der Waals surface area contributed by atoms with Crippen molar-refractivity contribution in [2.24, 2.45) is 46.3 Å². The Morgan fingerprint density at radius 3 is 2.30 bits per heavy atom. The lowest BCUT2D eigenvalue weighted by Gasteiger charge is -2.61. The zero-order chi connectivity index (χ0) is 19.6. The molecule has 27 heavy (non-hydrogen) atoms.